The van der Waals surface area contributed by atoms with Gasteiger partial charge in [0.15, 0.2) is 0 Å². The summed E-state index contributed by atoms with van der Waals surface area (Å²) < 4.78 is 10.2. The number of hydrogen-bond acceptors (Lipinski definition) is 7. The number of ketones is 2. The molecule has 1 amide bonds. The van der Waals surface area contributed by atoms with Crippen LogP contribution in [0.2, 0.25) is 0 Å². The number of hydrogen-bond donors (Lipinski definition) is 1. The lowest BCUT2D eigenvalue weighted by Crippen LogP contribution is -2.37. The highest BCUT2D eigenvalue weighted by atomic mass is 35.5. The van der Waals surface area contributed by atoms with Gasteiger partial charge in [-0.2, -0.15) is 0 Å². The molecule has 2 rings (SSSR count). The van der Waals surface area contributed by atoms with E-state index in [1.54, 1.807) is 27.7 Å². The van der Waals surface area contributed by atoms with Gasteiger partial charge in [-0.05, 0) is 47.1 Å². The van der Waals surface area contributed by atoms with Crippen molar-refractivity contribution in [3.63, 3.8) is 0 Å². The second-order valence-corrected chi connectivity index (χ2v) is 7.92. The van der Waals surface area contributed by atoms with E-state index in [1.807, 2.05) is 0 Å². The van der Waals surface area contributed by atoms with Crippen LogP contribution < -0.4 is 5.32 Å². The molecule has 2 aliphatic heterocycles. The third-order valence-corrected chi connectivity index (χ3v) is 4.32. The van der Waals surface area contributed by atoms with Crippen LogP contribution in [0.1, 0.15) is 59.8 Å². The van der Waals surface area contributed by atoms with Crippen LogP contribution in [0.3, 0.4) is 0 Å². The number of ether oxygens (including phenoxy) is 2. The Balaban J connectivity index is 0.000000729. The summed E-state index contributed by atoms with van der Waals surface area (Å²) in [5.41, 5.74) is -0.575. The molecule has 0 aromatic rings. The molecule has 0 aliphatic carbocycles. The van der Waals surface area contributed by atoms with Crippen LogP contribution in [-0.4, -0.2) is 66.9 Å². The highest BCUT2D eigenvalue weighted by Gasteiger charge is 2.33. The molecule has 2 saturated heterocycles. The maximum Gasteiger partial charge on any atom is 0.410 e. The molecule has 1 unspecified atom stereocenters. The van der Waals surface area contributed by atoms with Gasteiger partial charge in [-0.3, -0.25) is 14.4 Å². The lowest BCUT2D eigenvalue weighted by Gasteiger charge is -2.26. The molecule has 0 aromatic carbocycles. The van der Waals surface area contributed by atoms with Crippen molar-refractivity contribution in [2.24, 2.45) is 5.92 Å². The molecule has 1 N–H and O–H groups in total. The largest absolute Gasteiger partial charge is 0.465 e. The van der Waals surface area contributed by atoms with Crippen LogP contribution in [0, 0.1) is 5.92 Å². The number of rotatable bonds is 2. The Morgan fingerprint density at radius 2 is 1.79 bits per heavy atom. The monoisotopic (exact) mass is 434 g/mol. The molecule has 2 heterocycles. The van der Waals surface area contributed by atoms with E-state index in [0.29, 0.717) is 12.3 Å². The molecule has 0 radical (unpaired) electrons. The van der Waals surface area contributed by atoms with E-state index in [4.69, 9.17) is 9.47 Å². The highest BCUT2D eigenvalue weighted by molar-refractivity contribution is 5.99. The second-order valence-electron chi connectivity index (χ2n) is 7.92. The van der Waals surface area contributed by atoms with Crippen molar-refractivity contribution in [2.75, 3.05) is 32.8 Å². The van der Waals surface area contributed by atoms with Crippen molar-refractivity contribution in [3.8, 4) is 0 Å². The number of Topliss-reactive ketones (excluding diaryl/α,β-unsaturated/α-hetero) is 2. The molecular formula is C20H35ClN2O6. The number of halogens is 1. The number of likely N-dealkylation sites (tertiary alicyclic amines) is 1. The molecular weight excluding hydrogens is 400 g/mol. The maximum atomic E-state index is 12.0. The summed E-state index contributed by atoms with van der Waals surface area (Å²) in [4.78, 5) is 47.7. The predicted molar refractivity (Wildman–Crippen MR) is 111 cm³/mol. The molecule has 2 aliphatic rings. The van der Waals surface area contributed by atoms with Gasteiger partial charge in [-0.1, -0.05) is 0 Å². The fourth-order valence-electron chi connectivity index (χ4n) is 2.87. The van der Waals surface area contributed by atoms with Crippen molar-refractivity contribution in [2.45, 2.75) is 65.4 Å². The molecule has 0 saturated carbocycles. The standard InChI is InChI=1S/C14H23NO5.C6H11NO.ClH/c1-5-19-12(17)10-6-8-15(9-7-11(10)16)13(18)20-14(2,3)4;8-6-2-1-4-7-5-3-6;/h10H,5-9H2,1-4H3;7H,1-5H2;1H. The van der Waals surface area contributed by atoms with Gasteiger partial charge in [0.05, 0.1) is 6.61 Å². The summed E-state index contributed by atoms with van der Waals surface area (Å²) in [6.07, 6.45) is 2.54. The van der Waals surface area contributed by atoms with E-state index in [1.165, 1.54) is 4.90 Å². The van der Waals surface area contributed by atoms with Gasteiger partial charge in [0, 0.05) is 38.9 Å². The second kappa shape index (κ2) is 13.5. The van der Waals surface area contributed by atoms with Crippen LogP contribution in [-0.2, 0) is 23.9 Å². The van der Waals surface area contributed by atoms with E-state index in [0.717, 1.165) is 32.4 Å². The Hall–Kier alpha value is -1.67. The zero-order chi connectivity index (χ0) is 21.2. The average Bonchev–Trinajstić information content (AvgIpc) is 2.94. The summed E-state index contributed by atoms with van der Waals surface area (Å²) in [6.45, 7) is 9.82. The van der Waals surface area contributed by atoms with Crippen molar-refractivity contribution >= 4 is 36.0 Å². The highest BCUT2D eigenvalue weighted by Crippen LogP contribution is 2.18. The van der Waals surface area contributed by atoms with Gasteiger partial charge < -0.3 is 19.7 Å². The van der Waals surface area contributed by atoms with E-state index < -0.39 is 23.6 Å². The first-order valence-electron chi connectivity index (χ1n) is 10.0. The van der Waals surface area contributed by atoms with Crippen LogP contribution in [0.25, 0.3) is 0 Å². The van der Waals surface area contributed by atoms with Crippen LogP contribution in [0.5, 0.6) is 0 Å². The number of carbonyl (C=O) groups excluding carboxylic acids is 4. The van der Waals surface area contributed by atoms with Crippen molar-refractivity contribution in [1.29, 1.82) is 0 Å². The number of amides is 1. The summed E-state index contributed by atoms with van der Waals surface area (Å²) in [5.74, 6) is -1.02. The van der Waals surface area contributed by atoms with E-state index in [-0.39, 0.29) is 44.2 Å². The Labute approximate surface area is 179 Å². The Kier molecular flexibility index (Phi) is 12.8. The molecule has 0 bridgehead atoms. The van der Waals surface area contributed by atoms with E-state index >= 15 is 0 Å². The molecule has 1 atom stereocenters. The average molecular weight is 435 g/mol. The summed E-state index contributed by atoms with van der Waals surface area (Å²) in [6, 6.07) is 0. The fraction of sp³-hybridized carbons (Fsp3) is 0.800. The predicted octanol–water partition coefficient (Wildman–Crippen LogP) is 2.52. The number of nitrogens with zero attached hydrogens (tertiary/aromatic N) is 1. The molecule has 8 nitrogen and oxygen atoms in total. The Morgan fingerprint density at radius 3 is 2.41 bits per heavy atom. The van der Waals surface area contributed by atoms with Crippen LogP contribution >= 0.6 is 12.4 Å². The minimum Gasteiger partial charge on any atom is -0.465 e. The molecule has 0 aromatic heterocycles. The molecule has 9 heteroatoms. The van der Waals surface area contributed by atoms with Crippen molar-refractivity contribution < 1.29 is 28.7 Å². The van der Waals surface area contributed by atoms with E-state index in [9.17, 15) is 19.2 Å². The normalized spacial score (nSPS) is 20.3. The number of nitrogens with one attached hydrogen (secondary N) is 1. The van der Waals surface area contributed by atoms with Crippen molar-refractivity contribution in [1.82, 2.24) is 10.2 Å². The first-order chi connectivity index (χ1) is 13.1. The summed E-state index contributed by atoms with van der Waals surface area (Å²) in [5, 5.41) is 3.16. The Morgan fingerprint density at radius 1 is 1.10 bits per heavy atom. The van der Waals surface area contributed by atoms with E-state index in [2.05, 4.69) is 5.32 Å². The SMILES string of the molecule is CCOC(=O)C1CCN(C(=O)OC(C)(C)C)CCC1=O.Cl.O=C1CCCNCC1. The Bertz CT molecular complexity index is 552. The summed E-state index contributed by atoms with van der Waals surface area (Å²) in [7, 11) is 0. The first-order valence-corrected chi connectivity index (χ1v) is 10.0. The minimum absolute atomic E-state index is 0. The van der Waals surface area contributed by atoms with Gasteiger partial charge >= 0.3 is 12.1 Å². The third-order valence-electron chi connectivity index (χ3n) is 4.32. The molecule has 0 spiro atoms. The van der Waals surface area contributed by atoms with Crippen molar-refractivity contribution in [3.05, 3.63) is 0 Å². The summed E-state index contributed by atoms with van der Waals surface area (Å²) >= 11 is 0. The minimum atomic E-state index is -0.762. The molecule has 168 valence electrons. The molecule has 29 heavy (non-hydrogen) atoms. The van der Waals surface area contributed by atoms with Crippen LogP contribution in [0.15, 0.2) is 0 Å². The third kappa shape index (κ3) is 11.2. The quantitative estimate of drug-likeness (QED) is 0.526. The lowest BCUT2D eigenvalue weighted by molar-refractivity contribution is -0.151. The van der Waals surface area contributed by atoms with Crippen LogP contribution in [0.4, 0.5) is 4.79 Å². The zero-order valence-electron chi connectivity index (χ0n) is 18.0. The topological polar surface area (TPSA) is 102 Å². The fourth-order valence-corrected chi connectivity index (χ4v) is 2.87. The zero-order valence-corrected chi connectivity index (χ0v) is 18.8. The van der Waals surface area contributed by atoms with Gasteiger partial charge in [0.2, 0.25) is 0 Å². The van der Waals surface area contributed by atoms with Gasteiger partial charge in [0.25, 0.3) is 0 Å². The lowest BCUT2D eigenvalue weighted by atomic mass is 10.00. The number of carbonyl (C=O) groups is 4. The number of esters is 1. The van der Waals surface area contributed by atoms with Gasteiger partial charge in [-0.15, -0.1) is 12.4 Å². The maximum absolute atomic E-state index is 12.0. The first kappa shape index (κ1) is 27.3. The van der Waals surface area contributed by atoms with Gasteiger partial charge in [0.1, 0.15) is 23.1 Å². The van der Waals surface area contributed by atoms with Gasteiger partial charge in [-0.25, -0.2) is 4.79 Å². The smallest absolute Gasteiger partial charge is 0.410 e. The molecule has 2 fully saturated rings.